The Morgan fingerprint density at radius 1 is 1.53 bits per heavy atom. The molecular weight excluding hydrogens is 288 g/mol. The predicted octanol–water partition coefficient (Wildman–Crippen LogP) is 1.82. The lowest BCUT2D eigenvalue weighted by Crippen LogP contribution is -2.22. The van der Waals surface area contributed by atoms with Crippen LogP contribution in [0.4, 0.5) is 5.69 Å². The van der Waals surface area contributed by atoms with Crippen LogP contribution < -0.4 is 11.1 Å². The van der Waals surface area contributed by atoms with Crippen LogP contribution in [0, 0.1) is 0 Å². The molecule has 1 amide bonds. The molecule has 1 aromatic rings. The summed E-state index contributed by atoms with van der Waals surface area (Å²) in [5.74, 6) is -1.46. The van der Waals surface area contributed by atoms with Gasteiger partial charge >= 0.3 is 5.97 Å². The molecule has 0 fully saturated rings. The maximum Gasteiger partial charge on any atom is 0.305 e. The van der Waals surface area contributed by atoms with E-state index in [1.54, 1.807) is 25.1 Å². The Bertz CT molecular complexity index is 448. The fourth-order valence-corrected chi connectivity index (χ4v) is 1.79. The van der Waals surface area contributed by atoms with Crippen LogP contribution in [0.2, 0.25) is 0 Å². The van der Waals surface area contributed by atoms with Gasteiger partial charge < -0.3 is 16.2 Å². The molecule has 1 rings (SSSR count). The molecule has 0 spiro atoms. The largest absolute Gasteiger partial charge is 0.481 e. The van der Waals surface area contributed by atoms with Crippen molar-refractivity contribution in [3.63, 3.8) is 0 Å². The number of carboxylic acid groups (broad SMARTS) is 1. The molecule has 5 nitrogen and oxygen atoms in total. The normalized spacial score (nSPS) is 11.9. The Labute approximate surface area is 107 Å². The Balaban J connectivity index is 2.90. The third kappa shape index (κ3) is 4.07. The van der Waals surface area contributed by atoms with Crippen LogP contribution in [0.5, 0.6) is 0 Å². The number of nitrogens with one attached hydrogen (secondary N) is 1. The highest BCUT2D eigenvalue weighted by molar-refractivity contribution is 9.10. The molecule has 92 valence electrons. The van der Waals surface area contributed by atoms with Crippen molar-refractivity contribution in [2.45, 2.75) is 19.4 Å². The molecule has 0 aliphatic heterocycles. The van der Waals surface area contributed by atoms with Crippen LogP contribution in [0.15, 0.2) is 22.7 Å². The number of hydrogen-bond donors (Lipinski definition) is 3. The van der Waals surface area contributed by atoms with Crippen molar-refractivity contribution in [2.75, 3.05) is 5.32 Å². The van der Waals surface area contributed by atoms with Crippen molar-refractivity contribution in [2.24, 2.45) is 5.73 Å². The van der Waals surface area contributed by atoms with Crippen molar-refractivity contribution in [3.05, 3.63) is 28.2 Å². The van der Waals surface area contributed by atoms with Gasteiger partial charge in [0.2, 0.25) is 0 Å². The predicted molar refractivity (Wildman–Crippen MR) is 68.0 cm³/mol. The molecular formula is C11H13BrN2O3. The molecule has 0 bridgehead atoms. The first-order valence-corrected chi connectivity index (χ1v) is 5.77. The van der Waals surface area contributed by atoms with E-state index in [9.17, 15) is 9.59 Å². The van der Waals surface area contributed by atoms with Gasteiger partial charge in [-0.1, -0.05) is 15.9 Å². The van der Waals surface area contributed by atoms with E-state index >= 15 is 0 Å². The molecule has 0 aromatic heterocycles. The number of hydrogen-bond acceptors (Lipinski definition) is 3. The van der Waals surface area contributed by atoms with E-state index in [0.717, 1.165) is 4.47 Å². The van der Waals surface area contributed by atoms with Gasteiger partial charge in [-0.05, 0) is 25.1 Å². The highest BCUT2D eigenvalue weighted by atomic mass is 79.9. The van der Waals surface area contributed by atoms with Gasteiger partial charge in [0, 0.05) is 16.2 Å². The summed E-state index contributed by atoms with van der Waals surface area (Å²) in [6.07, 6.45) is -0.0335. The number of aliphatic carboxylic acids is 1. The quantitative estimate of drug-likeness (QED) is 0.773. The summed E-state index contributed by atoms with van der Waals surface area (Å²) < 4.78 is 0.739. The number of primary amides is 1. The molecule has 1 aromatic carbocycles. The minimum absolute atomic E-state index is 0.0335. The minimum Gasteiger partial charge on any atom is -0.481 e. The summed E-state index contributed by atoms with van der Waals surface area (Å²) in [4.78, 5) is 21.8. The van der Waals surface area contributed by atoms with Crippen LogP contribution in [0.25, 0.3) is 0 Å². The average Bonchev–Trinajstić information content (AvgIpc) is 2.19. The maximum absolute atomic E-state index is 11.2. The molecule has 1 atom stereocenters. The van der Waals surface area contributed by atoms with Gasteiger partial charge in [0.15, 0.2) is 0 Å². The van der Waals surface area contributed by atoms with Gasteiger partial charge in [-0.2, -0.15) is 0 Å². The van der Waals surface area contributed by atoms with E-state index in [1.807, 2.05) is 0 Å². The number of rotatable bonds is 5. The number of carboxylic acids is 1. The van der Waals surface area contributed by atoms with Gasteiger partial charge in [-0.25, -0.2) is 0 Å². The Morgan fingerprint density at radius 3 is 2.71 bits per heavy atom. The molecule has 6 heteroatoms. The molecule has 1 unspecified atom stereocenters. The third-order valence-electron chi connectivity index (χ3n) is 2.13. The first-order chi connectivity index (χ1) is 7.90. The van der Waals surface area contributed by atoms with E-state index in [0.29, 0.717) is 11.3 Å². The van der Waals surface area contributed by atoms with Crippen LogP contribution >= 0.6 is 15.9 Å². The van der Waals surface area contributed by atoms with Crippen LogP contribution in [0.3, 0.4) is 0 Å². The zero-order valence-corrected chi connectivity index (χ0v) is 10.8. The van der Waals surface area contributed by atoms with Crippen molar-refractivity contribution in [1.29, 1.82) is 0 Å². The van der Waals surface area contributed by atoms with Crippen LogP contribution in [-0.4, -0.2) is 23.0 Å². The third-order valence-corrected chi connectivity index (χ3v) is 2.62. The summed E-state index contributed by atoms with van der Waals surface area (Å²) in [6.45, 7) is 1.72. The molecule has 17 heavy (non-hydrogen) atoms. The second-order valence-electron chi connectivity index (χ2n) is 3.70. The lowest BCUT2D eigenvalue weighted by molar-refractivity contribution is -0.137. The van der Waals surface area contributed by atoms with Gasteiger partial charge in [0.25, 0.3) is 5.91 Å². The number of halogens is 1. The average molecular weight is 301 g/mol. The summed E-state index contributed by atoms with van der Waals surface area (Å²) in [7, 11) is 0. The fourth-order valence-electron chi connectivity index (χ4n) is 1.42. The highest BCUT2D eigenvalue weighted by Crippen LogP contribution is 2.21. The Kier molecular flexibility index (Phi) is 4.51. The monoisotopic (exact) mass is 300 g/mol. The van der Waals surface area contributed by atoms with Gasteiger partial charge in [0.1, 0.15) is 0 Å². The fraction of sp³-hybridized carbons (Fsp3) is 0.273. The smallest absolute Gasteiger partial charge is 0.305 e. The summed E-state index contributed by atoms with van der Waals surface area (Å²) in [6, 6.07) is 4.75. The van der Waals surface area contributed by atoms with E-state index < -0.39 is 11.9 Å². The molecule has 0 aliphatic rings. The van der Waals surface area contributed by atoms with Crippen molar-refractivity contribution >= 4 is 33.5 Å². The van der Waals surface area contributed by atoms with Crippen molar-refractivity contribution in [1.82, 2.24) is 0 Å². The number of anilines is 1. The van der Waals surface area contributed by atoms with Gasteiger partial charge in [-0.15, -0.1) is 0 Å². The maximum atomic E-state index is 11.2. The first-order valence-electron chi connectivity index (χ1n) is 4.98. The summed E-state index contributed by atoms with van der Waals surface area (Å²) in [5.41, 5.74) is 6.11. The SMILES string of the molecule is CC(CC(=O)O)Nc1ccc(Br)cc1C(N)=O. The second-order valence-corrected chi connectivity index (χ2v) is 4.61. The molecule has 0 saturated carbocycles. The Morgan fingerprint density at radius 2 is 2.18 bits per heavy atom. The number of nitrogens with two attached hydrogens (primary N) is 1. The second kappa shape index (κ2) is 5.67. The molecule has 0 saturated heterocycles. The Hall–Kier alpha value is -1.56. The lowest BCUT2D eigenvalue weighted by Gasteiger charge is -2.15. The van der Waals surface area contributed by atoms with Gasteiger partial charge in [0.05, 0.1) is 12.0 Å². The number of benzene rings is 1. The number of carbonyl (C=O) groups is 2. The minimum atomic E-state index is -0.900. The van der Waals surface area contributed by atoms with Gasteiger partial charge in [-0.3, -0.25) is 9.59 Å². The van der Waals surface area contributed by atoms with Crippen LogP contribution in [0.1, 0.15) is 23.7 Å². The highest BCUT2D eigenvalue weighted by Gasteiger charge is 2.12. The molecule has 0 radical (unpaired) electrons. The van der Waals surface area contributed by atoms with E-state index in [1.165, 1.54) is 0 Å². The van der Waals surface area contributed by atoms with Crippen molar-refractivity contribution < 1.29 is 14.7 Å². The lowest BCUT2D eigenvalue weighted by atomic mass is 10.1. The summed E-state index contributed by atoms with van der Waals surface area (Å²) >= 11 is 3.24. The number of amides is 1. The first kappa shape index (κ1) is 13.5. The number of carbonyl (C=O) groups excluding carboxylic acids is 1. The molecule has 0 aliphatic carbocycles. The summed E-state index contributed by atoms with van der Waals surface area (Å²) in [5, 5.41) is 11.6. The van der Waals surface area contributed by atoms with Crippen molar-refractivity contribution in [3.8, 4) is 0 Å². The topological polar surface area (TPSA) is 92.4 Å². The molecule has 0 heterocycles. The van der Waals surface area contributed by atoms with E-state index in [2.05, 4.69) is 21.2 Å². The zero-order chi connectivity index (χ0) is 13.0. The van der Waals surface area contributed by atoms with E-state index in [4.69, 9.17) is 10.8 Å². The molecule has 4 N–H and O–H groups in total. The van der Waals surface area contributed by atoms with Crippen LogP contribution in [-0.2, 0) is 4.79 Å². The van der Waals surface area contributed by atoms with E-state index in [-0.39, 0.29) is 12.5 Å². The zero-order valence-electron chi connectivity index (χ0n) is 9.24. The standard InChI is InChI=1S/C11H13BrN2O3/c1-6(4-10(15)16)14-9-3-2-7(12)5-8(9)11(13)17/h2-3,5-6,14H,4H2,1H3,(H2,13,17)(H,15,16).